The van der Waals surface area contributed by atoms with Gasteiger partial charge in [0.2, 0.25) is 0 Å². The van der Waals surface area contributed by atoms with Crippen LogP contribution >= 0.6 is 0 Å². The van der Waals surface area contributed by atoms with Crippen molar-refractivity contribution in [2.45, 2.75) is 46.1 Å². The van der Waals surface area contributed by atoms with Crippen LogP contribution in [0.1, 0.15) is 38.8 Å². The topological polar surface area (TPSA) is 34.2 Å². The molecule has 1 atom stereocenters. The van der Waals surface area contributed by atoms with Gasteiger partial charge in [-0.3, -0.25) is 0 Å². The maximum Gasteiger partial charge on any atom is 0.169 e. The second-order valence-corrected chi connectivity index (χ2v) is 4.19. The minimum absolute atomic E-state index is 0.433. The van der Waals surface area contributed by atoms with Crippen LogP contribution in [-0.2, 0) is 0 Å². The Morgan fingerprint density at radius 1 is 1.44 bits per heavy atom. The lowest BCUT2D eigenvalue weighted by Crippen LogP contribution is -2.16. The highest BCUT2D eigenvalue weighted by Crippen LogP contribution is 2.23. The van der Waals surface area contributed by atoms with E-state index in [9.17, 15) is 0 Å². The van der Waals surface area contributed by atoms with Gasteiger partial charge in [0.25, 0.3) is 0 Å². The molecule has 1 N–H and O–H groups in total. The quantitative estimate of drug-likeness (QED) is 0.801. The zero-order chi connectivity index (χ0) is 12.0. The van der Waals surface area contributed by atoms with Crippen molar-refractivity contribution in [3.8, 4) is 5.75 Å². The molecular formula is C13H22N2O. The third-order valence-corrected chi connectivity index (χ3v) is 2.59. The molecule has 0 bridgehead atoms. The Balaban J connectivity index is 2.67. The summed E-state index contributed by atoms with van der Waals surface area (Å²) in [6.45, 7) is 6.37. The number of nitrogens with zero attached hydrogens (tertiary/aromatic N) is 1. The summed E-state index contributed by atoms with van der Waals surface area (Å²) in [6, 6.07) is 4.35. The van der Waals surface area contributed by atoms with Crippen molar-refractivity contribution in [1.29, 1.82) is 0 Å². The summed E-state index contributed by atoms with van der Waals surface area (Å²) in [6.07, 6.45) is 3.63. The Bertz CT molecular complexity index is 326. The smallest absolute Gasteiger partial charge is 0.169 e. The summed E-state index contributed by atoms with van der Waals surface area (Å²) < 4.78 is 5.28. The molecular weight excluding hydrogens is 200 g/mol. The van der Waals surface area contributed by atoms with Crippen molar-refractivity contribution in [1.82, 2.24) is 4.98 Å². The lowest BCUT2D eigenvalue weighted by atomic mass is 10.1. The van der Waals surface area contributed by atoms with Gasteiger partial charge in [-0.2, -0.15) is 0 Å². The Morgan fingerprint density at radius 2 is 2.19 bits per heavy atom. The SMILES string of the molecule is CCCCC(C)Nc1nc(C)ccc1OC. The van der Waals surface area contributed by atoms with Gasteiger partial charge in [-0.25, -0.2) is 4.98 Å². The van der Waals surface area contributed by atoms with Crippen LogP contribution in [-0.4, -0.2) is 18.1 Å². The third kappa shape index (κ3) is 3.72. The predicted molar refractivity (Wildman–Crippen MR) is 68.1 cm³/mol. The van der Waals surface area contributed by atoms with Crippen LogP contribution in [0.25, 0.3) is 0 Å². The molecule has 0 fully saturated rings. The first-order chi connectivity index (χ1) is 7.67. The lowest BCUT2D eigenvalue weighted by molar-refractivity contribution is 0.414. The average Bonchev–Trinajstić information content (AvgIpc) is 2.27. The Labute approximate surface area is 98.2 Å². The van der Waals surface area contributed by atoms with Crippen LogP contribution in [0, 0.1) is 6.92 Å². The molecule has 16 heavy (non-hydrogen) atoms. The summed E-state index contributed by atoms with van der Waals surface area (Å²) >= 11 is 0. The summed E-state index contributed by atoms with van der Waals surface area (Å²) in [5, 5.41) is 3.40. The second-order valence-electron chi connectivity index (χ2n) is 4.19. The first-order valence-corrected chi connectivity index (χ1v) is 5.95. The highest BCUT2D eigenvalue weighted by molar-refractivity contribution is 5.51. The largest absolute Gasteiger partial charge is 0.493 e. The van der Waals surface area contributed by atoms with Gasteiger partial charge in [0.05, 0.1) is 7.11 Å². The molecule has 1 aromatic rings. The van der Waals surface area contributed by atoms with E-state index in [1.807, 2.05) is 19.1 Å². The van der Waals surface area contributed by atoms with Crippen molar-refractivity contribution in [3.63, 3.8) is 0 Å². The van der Waals surface area contributed by atoms with Crippen LogP contribution in [0.15, 0.2) is 12.1 Å². The van der Waals surface area contributed by atoms with E-state index in [1.54, 1.807) is 7.11 Å². The number of nitrogens with one attached hydrogen (secondary N) is 1. The second kappa shape index (κ2) is 6.36. The van der Waals surface area contributed by atoms with Gasteiger partial charge in [-0.05, 0) is 32.4 Å². The number of rotatable bonds is 6. The molecule has 0 aliphatic heterocycles. The van der Waals surface area contributed by atoms with Crippen molar-refractivity contribution in [2.24, 2.45) is 0 Å². The lowest BCUT2D eigenvalue weighted by Gasteiger charge is -2.16. The fraction of sp³-hybridized carbons (Fsp3) is 0.615. The van der Waals surface area contributed by atoms with E-state index in [0.29, 0.717) is 6.04 Å². The summed E-state index contributed by atoms with van der Waals surface area (Å²) in [7, 11) is 1.67. The van der Waals surface area contributed by atoms with Gasteiger partial charge in [0.15, 0.2) is 11.6 Å². The number of pyridine rings is 1. The van der Waals surface area contributed by atoms with Crippen LogP contribution in [0.2, 0.25) is 0 Å². The van der Waals surface area contributed by atoms with Crippen molar-refractivity contribution < 1.29 is 4.74 Å². The standard InChI is InChI=1S/C13H22N2O/c1-5-6-7-10(2)14-13-12(16-4)9-8-11(3)15-13/h8-10H,5-7H2,1-4H3,(H,14,15). The first kappa shape index (κ1) is 12.8. The minimum Gasteiger partial charge on any atom is -0.493 e. The van der Waals surface area contributed by atoms with Gasteiger partial charge in [0, 0.05) is 11.7 Å². The normalized spacial score (nSPS) is 12.2. The van der Waals surface area contributed by atoms with E-state index >= 15 is 0 Å². The van der Waals surface area contributed by atoms with Crippen LogP contribution in [0.3, 0.4) is 0 Å². The molecule has 0 saturated heterocycles. The molecule has 0 amide bonds. The third-order valence-electron chi connectivity index (χ3n) is 2.59. The molecule has 90 valence electrons. The van der Waals surface area contributed by atoms with Crippen molar-refractivity contribution >= 4 is 5.82 Å². The molecule has 1 unspecified atom stereocenters. The van der Waals surface area contributed by atoms with Crippen molar-refractivity contribution in [3.05, 3.63) is 17.8 Å². The number of hydrogen-bond donors (Lipinski definition) is 1. The highest BCUT2D eigenvalue weighted by atomic mass is 16.5. The zero-order valence-corrected chi connectivity index (χ0v) is 10.7. The monoisotopic (exact) mass is 222 g/mol. The van der Waals surface area contributed by atoms with Crippen LogP contribution in [0.5, 0.6) is 5.75 Å². The van der Waals surface area contributed by atoms with E-state index in [1.165, 1.54) is 12.8 Å². The van der Waals surface area contributed by atoms with Gasteiger partial charge in [0.1, 0.15) is 0 Å². The summed E-state index contributed by atoms with van der Waals surface area (Å²) in [5.41, 5.74) is 1.01. The fourth-order valence-corrected chi connectivity index (χ4v) is 1.63. The Kier molecular flexibility index (Phi) is 5.09. The van der Waals surface area contributed by atoms with E-state index < -0.39 is 0 Å². The predicted octanol–water partition coefficient (Wildman–Crippen LogP) is 3.39. The molecule has 1 heterocycles. The molecule has 0 aromatic carbocycles. The molecule has 0 spiro atoms. The Hall–Kier alpha value is -1.25. The van der Waals surface area contributed by atoms with Gasteiger partial charge >= 0.3 is 0 Å². The molecule has 1 rings (SSSR count). The van der Waals surface area contributed by atoms with Gasteiger partial charge in [-0.1, -0.05) is 19.8 Å². The highest BCUT2D eigenvalue weighted by Gasteiger charge is 2.08. The molecule has 0 aliphatic rings. The molecule has 0 radical (unpaired) electrons. The van der Waals surface area contributed by atoms with Gasteiger partial charge in [-0.15, -0.1) is 0 Å². The molecule has 0 aliphatic carbocycles. The van der Waals surface area contributed by atoms with Gasteiger partial charge < -0.3 is 10.1 Å². The number of methoxy groups -OCH3 is 1. The fourth-order valence-electron chi connectivity index (χ4n) is 1.63. The molecule has 1 aromatic heterocycles. The maximum atomic E-state index is 5.28. The maximum absolute atomic E-state index is 5.28. The van der Waals surface area contributed by atoms with Crippen LogP contribution < -0.4 is 10.1 Å². The molecule has 3 nitrogen and oxygen atoms in total. The summed E-state index contributed by atoms with van der Waals surface area (Å²) in [4.78, 5) is 4.46. The number of aryl methyl sites for hydroxylation is 1. The van der Waals surface area contributed by atoms with E-state index in [2.05, 4.69) is 24.1 Å². The Morgan fingerprint density at radius 3 is 2.81 bits per heavy atom. The van der Waals surface area contributed by atoms with E-state index in [0.717, 1.165) is 23.7 Å². The van der Waals surface area contributed by atoms with Crippen LogP contribution in [0.4, 0.5) is 5.82 Å². The number of aromatic nitrogens is 1. The van der Waals surface area contributed by atoms with Crippen molar-refractivity contribution in [2.75, 3.05) is 12.4 Å². The molecule has 3 heteroatoms. The number of unbranched alkanes of at least 4 members (excludes halogenated alkanes) is 1. The number of ether oxygens (including phenoxy) is 1. The number of hydrogen-bond acceptors (Lipinski definition) is 3. The summed E-state index contributed by atoms with van der Waals surface area (Å²) in [5.74, 6) is 1.67. The average molecular weight is 222 g/mol. The minimum atomic E-state index is 0.433. The molecule has 0 saturated carbocycles. The first-order valence-electron chi connectivity index (χ1n) is 5.95. The van der Waals surface area contributed by atoms with E-state index in [4.69, 9.17) is 4.74 Å². The number of anilines is 1. The van der Waals surface area contributed by atoms with E-state index in [-0.39, 0.29) is 0 Å². The zero-order valence-electron chi connectivity index (χ0n) is 10.7.